The molecular weight excluding hydrogens is 336 g/mol. The van der Waals surface area contributed by atoms with Crippen molar-refractivity contribution in [3.05, 3.63) is 77.9 Å². The first-order valence-electron chi connectivity index (χ1n) is 9.19. The van der Waals surface area contributed by atoms with E-state index in [1.54, 1.807) is 11.0 Å². The molecule has 0 aromatic heterocycles. The maximum absolute atomic E-state index is 13.9. The molecule has 0 N–H and O–H groups in total. The van der Waals surface area contributed by atoms with Crippen LogP contribution < -0.4 is 4.90 Å². The highest BCUT2D eigenvalue weighted by atomic mass is 16.2. The van der Waals surface area contributed by atoms with E-state index in [4.69, 9.17) is 0 Å². The maximum Gasteiger partial charge on any atom is 0.241 e. The summed E-state index contributed by atoms with van der Waals surface area (Å²) >= 11 is 0. The summed E-state index contributed by atoms with van der Waals surface area (Å²) in [6.45, 7) is 2.41. The first kappa shape index (κ1) is 17.2. The molecule has 0 bridgehead atoms. The van der Waals surface area contributed by atoms with Crippen LogP contribution in [0.4, 0.5) is 5.69 Å². The Bertz CT molecular complexity index is 959. The topological polar surface area (TPSA) is 61.2 Å². The van der Waals surface area contributed by atoms with Crippen molar-refractivity contribution < 1.29 is 9.59 Å². The summed E-state index contributed by atoms with van der Waals surface area (Å²) in [6.07, 6.45) is 2.34. The molecule has 2 aromatic rings. The van der Waals surface area contributed by atoms with Crippen molar-refractivity contribution in [1.82, 2.24) is 0 Å². The fraction of sp³-hybridized carbons (Fsp3) is 0.261. The van der Waals surface area contributed by atoms with Crippen molar-refractivity contribution in [2.24, 2.45) is 11.8 Å². The molecule has 2 aliphatic rings. The van der Waals surface area contributed by atoms with E-state index in [0.29, 0.717) is 13.0 Å². The Kier molecular flexibility index (Phi) is 4.16. The number of ketones is 1. The largest absolute Gasteiger partial charge is 0.311 e. The van der Waals surface area contributed by atoms with Gasteiger partial charge in [-0.2, -0.15) is 5.26 Å². The van der Waals surface area contributed by atoms with Crippen LogP contribution in [0.1, 0.15) is 18.9 Å². The minimum Gasteiger partial charge on any atom is -0.311 e. The number of hydrogen-bond acceptors (Lipinski definition) is 3. The Balaban J connectivity index is 1.94. The van der Waals surface area contributed by atoms with Crippen molar-refractivity contribution in [3.8, 4) is 6.07 Å². The van der Waals surface area contributed by atoms with Crippen molar-refractivity contribution in [1.29, 1.82) is 5.26 Å². The van der Waals surface area contributed by atoms with Crippen LogP contribution in [-0.2, 0) is 15.0 Å². The highest BCUT2D eigenvalue weighted by Gasteiger charge is 2.56. The van der Waals surface area contributed by atoms with Crippen molar-refractivity contribution >= 4 is 17.4 Å². The highest BCUT2D eigenvalue weighted by molar-refractivity contribution is 6.10. The van der Waals surface area contributed by atoms with E-state index >= 15 is 0 Å². The molecule has 0 spiro atoms. The Labute approximate surface area is 158 Å². The van der Waals surface area contributed by atoms with Crippen LogP contribution in [0.25, 0.3) is 0 Å². The van der Waals surface area contributed by atoms with Gasteiger partial charge in [0.05, 0.1) is 11.0 Å². The van der Waals surface area contributed by atoms with Crippen LogP contribution in [0.15, 0.2) is 72.3 Å². The minimum atomic E-state index is -0.992. The van der Waals surface area contributed by atoms with E-state index in [-0.39, 0.29) is 29.1 Å². The smallest absolute Gasteiger partial charge is 0.241 e. The van der Waals surface area contributed by atoms with Crippen LogP contribution in [0, 0.1) is 23.2 Å². The van der Waals surface area contributed by atoms with Crippen LogP contribution in [0.5, 0.6) is 0 Å². The van der Waals surface area contributed by atoms with Crippen molar-refractivity contribution in [3.63, 3.8) is 0 Å². The highest BCUT2D eigenvalue weighted by Crippen LogP contribution is 2.49. The summed E-state index contributed by atoms with van der Waals surface area (Å²) in [5.41, 5.74) is 0.777. The molecule has 1 fully saturated rings. The number of rotatable bonds is 2. The van der Waals surface area contributed by atoms with Crippen LogP contribution in [-0.4, -0.2) is 18.2 Å². The molecule has 0 unspecified atom stereocenters. The van der Waals surface area contributed by atoms with Crippen molar-refractivity contribution in [2.45, 2.75) is 18.8 Å². The lowest BCUT2D eigenvalue weighted by atomic mass is 9.57. The Hall–Kier alpha value is -3.19. The number of fused-ring (bicyclic) bond motifs is 1. The molecule has 27 heavy (non-hydrogen) atoms. The van der Waals surface area contributed by atoms with Crippen molar-refractivity contribution in [2.75, 3.05) is 11.4 Å². The Morgan fingerprint density at radius 2 is 1.67 bits per heavy atom. The second-order valence-electron chi connectivity index (χ2n) is 7.25. The number of nitriles is 1. The number of hydrogen-bond donors (Lipinski definition) is 0. The lowest BCUT2D eigenvalue weighted by Gasteiger charge is -2.49. The third-order valence-corrected chi connectivity index (χ3v) is 5.94. The van der Waals surface area contributed by atoms with Gasteiger partial charge in [-0.05, 0) is 36.1 Å². The number of piperidine rings is 1. The van der Waals surface area contributed by atoms with E-state index in [1.165, 1.54) is 0 Å². The number of carbonyl (C=O) groups is 2. The van der Waals surface area contributed by atoms with Gasteiger partial charge in [0.1, 0.15) is 6.07 Å². The SMILES string of the molecule is C[C@@H]1C(=O)C(C#N)=C[C@]2(c3ccccc3)C(=O)N(c3ccccc3)CC[C@@H]12. The lowest BCUT2D eigenvalue weighted by Crippen LogP contribution is -2.59. The molecule has 1 amide bonds. The maximum atomic E-state index is 13.9. The molecular formula is C23H20N2O2. The lowest BCUT2D eigenvalue weighted by molar-refractivity contribution is -0.130. The van der Waals surface area contributed by atoms with Gasteiger partial charge in [-0.1, -0.05) is 55.5 Å². The second-order valence-corrected chi connectivity index (χ2v) is 7.25. The molecule has 134 valence electrons. The summed E-state index contributed by atoms with van der Waals surface area (Å²) in [5.74, 6) is -0.748. The fourth-order valence-corrected chi connectivity index (χ4v) is 4.60. The molecule has 0 saturated carbocycles. The zero-order valence-corrected chi connectivity index (χ0v) is 15.1. The van der Waals surface area contributed by atoms with Gasteiger partial charge < -0.3 is 4.90 Å². The van der Waals surface area contributed by atoms with E-state index in [0.717, 1.165) is 11.3 Å². The molecule has 1 aliphatic heterocycles. The van der Waals surface area contributed by atoms with Gasteiger partial charge in [0, 0.05) is 18.2 Å². The van der Waals surface area contributed by atoms with Crippen LogP contribution >= 0.6 is 0 Å². The molecule has 4 nitrogen and oxygen atoms in total. The number of Topliss-reactive ketones (excluding diaryl/α,β-unsaturated/α-hetero) is 1. The van der Waals surface area contributed by atoms with Gasteiger partial charge in [-0.25, -0.2) is 0 Å². The average molecular weight is 356 g/mol. The predicted octanol–water partition coefficient (Wildman–Crippen LogP) is 3.65. The standard InChI is InChI=1S/C23H20N2O2/c1-16-20-12-13-25(19-10-6-3-7-11-19)22(27)23(20,14-17(15-24)21(16)26)18-8-4-2-5-9-18/h2-11,14,16,20H,12-13H2,1H3/t16-,20-,23+/m0/s1. The Morgan fingerprint density at radius 1 is 1.04 bits per heavy atom. The van der Waals surface area contributed by atoms with Crippen LogP contribution in [0.2, 0.25) is 0 Å². The van der Waals surface area contributed by atoms with E-state index in [1.807, 2.05) is 73.7 Å². The van der Waals surface area contributed by atoms with Gasteiger partial charge in [-0.15, -0.1) is 0 Å². The number of carbonyl (C=O) groups excluding carboxylic acids is 2. The molecule has 0 radical (unpaired) electrons. The third kappa shape index (κ3) is 2.50. The van der Waals surface area contributed by atoms with E-state index in [9.17, 15) is 14.9 Å². The van der Waals surface area contributed by atoms with Gasteiger partial charge in [0.15, 0.2) is 5.78 Å². The summed E-state index contributed by atoms with van der Waals surface area (Å²) < 4.78 is 0. The summed E-state index contributed by atoms with van der Waals surface area (Å²) in [4.78, 5) is 28.3. The van der Waals surface area contributed by atoms with Gasteiger partial charge >= 0.3 is 0 Å². The molecule has 4 heteroatoms. The monoisotopic (exact) mass is 356 g/mol. The number of amides is 1. The zero-order valence-electron chi connectivity index (χ0n) is 15.1. The minimum absolute atomic E-state index is 0.0664. The van der Waals surface area contributed by atoms with Gasteiger partial charge in [0.2, 0.25) is 5.91 Å². The normalized spacial score (nSPS) is 27.6. The molecule has 1 saturated heterocycles. The molecule has 4 rings (SSSR count). The third-order valence-electron chi connectivity index (χ3n) is 5.94. The number of anilines is 1. The molecule has 2 aromatic carbocycles. The number of nitrogens with zero attached hydrogens (tertiary/aromatic N) is 2. The fourth-order valence-electron chi connectivity index (χ4n) is 4.60. The van der Waals surface area contributed by atoms with Crippen LogP contribution in [0.3, 0.4) is 0 Å². The summed E-state index contributed by atoms with van der Waals surface area (Å²) in [5, 5.41) is 9.54. The molecule has 1 heterocycles. The van der Waals surface area contributed by atoms with Gasteiger partial charge in [0.25, 0.3) is 0 Å². The predicted molar refractivity (Wildman–Crippen MR) is 103 cm³/mol. The van der Waals surface area contributed by atoms with E-state index in [2.05, 4.69) is 0 Å². The second kappa shape index (κ2) is 6.51. The number of benzene rings is 2. The Morgan fingerprint density at radius 3 is 2.30 bits per heavy atom. The molecule has 1 aliphatic carbocycles. The number of para-hydroxylation sites is 1. The summed E-state index contributed by atoms with van der Waals surface area (Å²) in [6, 6.07) is 21.2. The summed E-state index contributed by atoms with van der Waals surface area (Å²) in [7, 11) is 0. The average Bonchev–Trinajstić information content (AvgIpc) is 2.72. The first-order chi connectivity index (χ1) is 13.1. The zero-order chi connectivity index (χ0) is 19.0. The first-order valence-corrected chi connectivity index (χ1v) is 9.19. The quantitative estimate of drug-likeness (QED) is 0.825. The number of allylic oxidation sites excluding steroid dienone is 1. The molecule has 3 atom stereocenters. The van der Waals surface area contributed by atoms with Gasteiger partial charge in [-0.3, -0.25) is 9.59 Å². The van der Waals surface area contributed by atoms with E-state index < -0.39 is 5.41 Å².